The Kier molecular flexibility index (Phi) is 6.67. The van der Waals surface area contributed by atoms with Crippen LogP contribution in [0.5, 0.6) is 0 Å². The fraction of sp³-hybridized carbons (Fsp3) is 0.692. The van der Waals surface area contributed by atoms with Crippen molar-refractivity contribution in [3.05, 3.63) is 18.0 Å². The molecule has 1 aromatic heterocycles. The van der Waals surface area contributed by atoms with Crippen LogP contribution in [0, 0.1) is 0 Å². The van der Waals surface area contributed by atoms with Crippen molar-refractivity contribution < 1.29 is 13.2 Å². The van der Waals surface area contributed by atoms with Gasteiger partial charge in [-0.15, -0.1) is 0 Å². The zero-order valence-electron chi connectivity index (χ0n) is 12.7. The molecule has 0 aliphatic heterocycles. The standard InChI is InChI=1S/C13H25N3O3S/c1-5-16-11-13(9-12(16)10-14-2)20(17,18)15(3)7-6-8-19-4/h9,11,14H,5-8,10H2,1-4H3. The minimum Gasteiger partial charge on any atom is -0.385 e. The van der Waals surface area contributed by atoms with Crippen LogP contribution in [-0.2, 0) is 27.8 Å². The van der Waals surface area contributed by atoms with E-state index in [9.17, 15) is 8.42 Å². The normalized spacial score (nSPS) is 12.2. The topological polar surface area (TPSA) is 63.6 Å². The van der Waals surface area contributed by atoms with Gasteiger partial charge in [-0.05, 0) is 26.5 Å². The molecular weight excluding hydrogens is 278 g/mol. The van der Waals surface area contributed by atoms with Gasteiger partial charge in [-0.25, -0.2) is 12.7 Å². The van der Waals surface area contributed by atoms with Crippen LogP contribution in [0.4, 0.5) is 0 Å². The molecule has 0 aromatic carbocycles. The molecule has 0 bridgehead atoms. The van der Waals surface area contributed by atoms with Crippen LogP contribution in [0.1, 0.15) is 19.0 Å². The van der Waals surface area contributed by atoms with Crippen LogP contribution >= 0.6 is 0 Å². The van der Waals surface area contributed by atoms with Crippen molar-refractivity contribution in [2.24, 2.45) is 0 Å². The third-order valence-corrected chi connectivity index (χ3v) is 5.01. The zero-order chi connectivity index (χ0) is 15.2. The molecule has 0 saturated carbocycles. The molecule has 1 N–H and O–H groups in total. The van der Waals surface area contributed by atoms with E-state index < -0.39 is 10.0 Å². The molecular formula is C13H25N3O3S. The van der Waals surface area contributed by atoms with Crippen LogP contribution in [0.15, 0.2) is 17.2 Å². The number of hydrogen-bond donors (Lipinski definition) is 1. The smallest absolute Gasteiger partial charge is 0.244 e. The maximum atomic E-state index is 12.5. The van der Waals surface area contributed by atoms with E-state index in [1.807, 2.05) is 18.5 Å². The second kappa shape index (κ2) is 7.78. The van der Waals surface area contributed by atoms with Crippen molar-refractivity contribution in [3.8, 4) is 0 Å². The summed E-state index contributed by atoms with van der Waals surface area (Å²) in [6, 6.07) is 1.74. The Bertz CT molecular complexity index is 511. The largest absolute Gasteiger partial charge is 0.385 e. The summed E-state index contributed by atoms with van der Waals surface area (Å²) in [7, 11) is 1.64. The van der Waals surface area contributed by atoms with Gasteiger partial charge in [0.25, 0.3) is 0 Å². The van der Waals surface area contributed by atoms with Gasteiger partial charge < -0.3 is 14.6 Å². The molecule has 0 saturated heterocycles. The Morgan fingerprint density at radius 1 is 1.45 bits per heavy atom. The van der Waals surface area contributed by atoms with Gasteiger partial charge >= 0.3 is 0 Å². The number of aromatic nitrogens is 1. The molecule has 20 heavy (non-hydrogen) atoms. The summed E-state index contributed by atoms with van der Waals surface area (Å²) >= 11 is 0. The number of nitrogens with zero attached hydrogens (tertiary/aromatic N) is 2. The van der Waals surface area contributed by atoms with Gasteiger partial charge in [0.1, 0.15) is 4.90 Å². The highest BCUT2D eigenvalue weighted by Crippen LogP contribution is 2.18. The molecule has 0 spiro atoms. The summed E-state index contributed by atoms with van der Waals surface area (Å²) in [5.74, 6) is 0. The highest BCUT2D eigenvalue weighted by Gasteiger charge is 2.22. The monoisotopic (exact) mass is 303 g/mol. The van der Waals surface area contributed by atoms with Crippen molar-refractivity contribution in [1.29, 1.82) is 0 Å². The molecule has 0 amide bonds. The van der Waals surface area contributed by atoms with Crippen LogP contribution < -0.4 is 5.32 Å². The molecule has 0 unspecified atom stereocenters. The second-order valence-corrected chi connectivity index (χ2v) is 6.70. The molecule has 0 radical (unpaired) electrons. The number of aryl methyl sites for hydroxylation is 1. The number of rotatable bonds is 9. The average Bonchev–Trinajstić information content (AvgIpc) is 2.83. The van der Waals surface area contributed by atoms with Crippen LogP contribution in [-0.4, -0.2) is 51.6 Å². The quantitative estimate of drug-likeness (QED) is 0.688. The van der Waals surface area contributed by atoms with E-state index in [0.29, 0.717) is 31.0 Å². The summed E-state index contributed by atoms with van der Waals surface area (Å²) in [5, 5.41) is 3.05. The number of sulfonamides is 1. The van der Waals surface area contributed by atoms with Crippen molar-refractivity contribution >= 4 is 10.0 Å². The van der Waals surface area contributed by atoms with E-state index in [1.54, 1.807) is 26.4 Å². The van der Waals surface area contributed by atoms with Gasteiger partial charge in [0.05, 0.1) is 0 Å². The van der Waals surface area contributed by atoms with Gasteiger partial charge in [-0.1, -0.05) is 0 Å². The Hall–Kier alpha value is -0.890. The van der Waals surface area contributed by atoms with E-state index in [1.165, 1.54) is 4.31 Å². The molecule has 0 fully saturated rings. The number of ether oxygens (including phenoxy) is 1. The molecule has 0 aliphatic rings. The lowest BCUT2D eigenvalue weighted by molar-refractivity contribution is 0.189. The summed E-state index contributed by atoms with van der Waals surface area (Å²) in [4.78, 5) is 0.351. The van der Waals surface area contributed by atoms with Crippen LogP contribution in [0.3, 0.4) is 0 Å². The molecule has 0 atom stereocenters. The second-order valence-electron chi connectivity index (χ2n) is 4.66. The van der Waals surface area contributed by atoms with Crippen molar-refractivity contribution in [1.82, 2.24) is 14.2 Å². The highest BCUT2D eigenvalue weighted by atomic mass is 32.2. The van der Waals surface area contributed by atoms with Crippen molar-refractivity contribution in [3.63, 3.8) is 0 Å². The average molecular weight is 303 g/mol. The fourth-order valence-electron chi connectivity index (χ4n) is 2.02. The molecule has 116 valence electrons. The van der Waals surface area contributed by atoms with Crippen molar-refractivity contribution in [2.45, 2.75) is 31.3 Å². The summed E-state index contributed by atoms with van der Waals surface area (Å²) in [6.45, 7) is 4.41. The Labute approximate surface area is 121 Å². The van der Waals surface area contributed by atoms with Gasteiger partial charge in [0, 0.05) is 52.3 Å². The van der Waals surface area contributed by atoms with Crippen LogP contribution in [0.2, 0.25) is 0 Å². The minimum absolute atomic E-state index is 0.351. The van der Waals surface area contributed by atoms with Gasteiger partial charge in [-0.2, -0.15) is 0 Å². The number of nitrogens with one attached hydrogen (secondary N) is 1. The summed E-state index contributed by atoms with van der Waals surface area (Å²) < 4.78 is 33.2. The van der Waals surface area contributed by atoms with E-state index in [2.05, 4.69) is 5.32 Å². The maximum Gasteiger partial charge on any atom is 0.244 e. The first-order valence-electron chi connectivity index (χ1n) is 6.76. The number of methoxy groups -OCH3 is 1. The predicted octanol–water partition coefficient (Wildman–Crippen LogP) is 0.884. The fourth-order valence-corrected chi connectivity index (χ4v) is 3.30. The van der Waals surface area contributed by atoms with Gasteiger partial charge in [0.2, 0.25) is 10.0 Å². The Morgan fingerprint density at radius 3 is 2.70 bits per heavy atom. The number of hydrogen-bond acceptors (Lipinski definition) is 4. The summed E-state index contributed by atoms with van der Waals surface area (Å²) in [6.07, 6.45) is 2.39. The first-order valence-corrected chi connectivity index (χ1v) is 8.20. The first-order chi connectivity index (χ1) is 9.47. The lowest BCUT2D eigenvalue weighted by atomic mass is 10.4. The lowest BCUT2D eigenvalue weighted by Gasteiger charge is -2.15. The maximum absolute atomic E-state index is 12.5. The molecule has 0 aliphatic carbocycles. The first kappa shape index (κ1) is 17.2. The third kappa shape index (κ3) is 4.05. The molecule has 7 heteroatoms. The third-order valence-electron chi connectivity index (χ3n) is 3.19. The minimum atomic E-state index is -3.42. The van der Waals surface area contributed by atoms with Crippen LogP contribution in [0.25, 0.3) is 0 Å². The predicted molar refractivity (Wildman–Crippen MR) is 79.2 cm³/mol. The Morgan fingerprint density at radius 2 is 2.15 bits per heavy atom. The Balaban J connectivity index is 2.91. The van der Waals surface area contributed by atoms with E-state index in [-0.39, 0.29) is 0 Å². The van der Waals surface area contributed by atoms with E-state index in [4.69, 9.17) is 4.74 Å². The lowest BCUT2D eigenvalue weighted by Crippen LogP contribution is -2.28. The van der Waals surface area contributed by atoms with E-state index >= 15 is 0 Å². The molecule has 1 aromatic rings. The molecule has 1 heterocycles. The molecule has 1 rings (SSSR count). The van der Waals surface area contributed by atoms with Crippen molar-refractivity contribution in [2.75, 3.05) is 34.4 Å². The van der Waals surface area contributed by atoms with E-state index in [0.717, 1.165) is 12.2 Å². The SMILES string of the molecule is CCn1cc(S(=O)(=O)N(C)CCCOC)cc1CNC. The summed E-state index contributed by atoms with van der Waals surface area (Å²) in [5.41, 5.74) is 0.971. The molecule has 6 nitrogen and oxygen atoms in total. The van der Waals surface area contributed by atoms with Gasteiger partial charge in [0.15, 0.2) is 0 Å². The highest BCUT2D eigenvalue weighted by molar-refractivity contribution is 7.89. The van der Waals surface area contributed by atoms with Gasteiger partial charge in [-0.3, -0.25) is 0 Å². The zero-order valence-corrected chi connectivity index (χ0v) is 13.5.